The Morgan fingerprint density at radius 1 is 1.46 bits per heavy atom. The Bertz CT molecular complexity index is 654. The van der Waals surface area contributed by atoms with E-state index in [9.17, 15) is 0 Å². The van der Waals surface area contributed by atoms with Crippen molar-refractivity contribution in [2.24, 2.45) is 0 Å². The molecule has 2 heterocycles. The van der Waals surface area contributed by atoms with Gasteiger partial charge in [-0.25, -0.2) is 14.6 Å². The monoisotopic (exact) mass is 182 g/mol. The molecule has 0 amide bonds. The van der Waals surface area contributed by atoms with Crippen LogP contribution in [-0.4, -0.2) is 19.7 Å². The minimum Gasteiger partial charge on any atom is -0.396 e. The molecule has 66 valence electrons. The first-order chi connectivity index (χ1) is 9.12. The topological polar surface area (TPSA) is 69.6 Å². The van der Waals surface area contributed by atoms with E-state index in [0.29, 0.717) is 4.68 Å². The van der Waals surface area contributed by atoms with Crippen LogP contribution in [0, 0.1) is 6.85 Å². The van der Waals surface area contributed by atoms with Crippen molar-refractivity contribution in [2.45, 2.75) is 6.85 Å². The molecule has 5 heteroatoms. The van der Waals surface area contributed by atoms with Crippen molar-refractivity contribution in [2.75, 3.05) is 5.73 Å². The molecular formula is C8H9N5. The maximum absolute atomic E-state index is 7.74. The van der Waals surface area contributed by atoms with Crippen molar-refractivity contribution in [1.29, 1.82) is 0 Å². The second-order valence-electron chi connectivity index (χ2n) is 2.17. The SMILES string of the molecule is [2H]c1nc(-n2nc([2H])c(C([2H])([2H])[2H])c2[2H])nc([2H])c1N. The van der Waals surface area contributed by atoms with Gasteiger partial charge < -0.3 is 5.73 Å². The van der Waals surface area contributed by atoms with Crippen LogP contribution in [0.4, 0.5) is 5.69 Å². The van der Waals surface area contributed by atoms with Crippen LogP contribution in [0.25, 0.3) is 5.95 Å². The first-order valence-corrected chi connectivity index (χ1v) is 3.30. The summed E-state index contributed by atoms with van der Waals surface area (Å²) < 4.78 is 52.6. The van der Waals surface area contributed by atoms with Crippen LogP contribution in [0.2, 0.25) is 0 Å². The molecule has 2 N–H and O–H groups in total. The molecule has 2 aromatic heterocycles. The lowest BCUT2D eigenvalue weighted by atomic mass is 10.4. The van der Waals surface area contributed by atoms with Crippen LogP contribution in [-0.2, 0) is 0 Å². The van der Waals surface area contributed by atoms with Gasteiger partial charge in [-0.05, 0) is 12.4 Å². The van der Waals surface area contributed by atoms with E-state index in [1.165, 1.54) is 0 Å². The first kappa shape index (κ1) is 3.10. The average Bonchev–Trinajstić information content (AvgIpc) is 2.60. The fourth-order valence-corrected chi connectivity index (χ4v) is 0.716. The lowest BCUT2D eigenvalue weighted by Crippen LogP contribution is -2.01. The summed E-state index contributed by atoms with van der Waals surface area (Å²) >= 11 is 0. The summed E-state index contributed by atoms with van der Waals surface area (Å²) in [5, 5.41) is 3.56. The maximum Gasteiger partial charge on any atom is 0.250 e. The molecule has 2 rings (SSSR count). The first-order valence-electron chi connectivity index (χ1n) is 6.80. The quantitative estimate of drug-likeness (QED) is 0.699. The summed E-state index contributed by atoms with van der Waals surface area (Å²) in [6.45, 7) is -2.67. The molecule has 0 fully saturated rings. The second-order valence-corrected chi connectivity index (χ2v) is 2.17. The van der Waals surface area contributed by atoms with Crippen LogP contribution in [0.5, 0.6) is 0 Å². The number of nitrogen functional groups attached to an aromatic ring is 1. The molecule has 0 aromatic carbocycles. The summed E-state index contributed by atoms with van der Waals surface area (Å²) in [7, 11) is 0. The Morgan fingerprint density at radius 3 is 2.85 bits per heavy atom. The fraction of sp³-hybridized carbons (Fsp3) is 0.125. The van der Waals surface area contributed by atoms with Gasteiger partial charge in [-0.3, -0.25) is 0 Å². The van der Waals surface area contributed by atoms with Gasteiger partial charge in [0, 0.05) is 10.3 Å². The van der Waals surface area contributed by atoms with E-state index in [4.69, 9.17) is 15.3 Å². The predicted octanol–water partition coefficient (Wildman–Crippen LogP) is 0.553. The molecule has 0 unspecified atom stereocenters. The highest BCUT2D eigenvalue weighted by atomic mass is 15.3. The summed E-state index contributed by atoms with van der Waals surface area (Å²) in [4.78, 5) is 7.25. The van der Waals surface area contributed by atoms with E-state index in [0.717, 1.165) is 0 Å². The molecular weight excluding hydrogens is 166 g/mol. The maximum atomic E-state index is 7.74. The van der Waals surface area contributed by atoms with Crippen molar-refractivity contribution >= 4 is 5.69 Å². The number of hydrogen-bond acceptors (Lipinski definition) is 4. The summed E-state index contributed by atoms with van der Waals surface area (Å²) in [6.07, 6.45) is -2.05. The molecule has 13 heavy (non-hydrogen) atoms. The smallest absolute Gasteiger partial charge is 0.250 e. The van der Waals surface area contributed by atoms with Gasteiger partial charge in [-0.2, -0.15) is 5.10 Å². The minimum absolute atomic E-state index is 0.241. The number of nitrogens with zero attached hydrogens (tertiary/aromatic N) is 4. The van der Waals surface area contributed by atoms with E-state index >= 15 is 0 Å². The van der Waals surface area contributed by atoms with Gasteiger partial charge in [-0.15, -0.1) is 0 Å². The van der Waals surface area contributed by atoms with Gasteiger partial charge in [0.2, 0.25) is 0 Å². The molecule has 0 atom stereocenters. The molecule has 2 aromatic rings. The molecule has 0 aliphatic carbocycles. The largest absolute Gasteiger partial charge is 0.396 e. The highest BCUT2D eigenvalue weighted by molar-refractivity contribution is 5.32. The zero-order chi connectivity index (χ0) is 15.2. The van der Waals surface area contributed by atoms with Gasteiger partial charge in [0.25, 0.3) is 5.95 Å². The third-order valence-electron chi connectivity index (χ3n) is 1.22. The number of aromatic nitrogens is 4. The predicted molar refractivity (Wildman–Crippen MR) is 48.3 cm³/mol. The molecule has 0 aliphatic heterocycles. The van der Waals surface area contributed by atoms with Gasteiger partial charge in [0.05, 0.1) is 29.7 Å². The van der Waals surface area contributed by atoms with Crippen molar-refractivity contribution in [3.8, 4) is 5.95 Å². The fourth-order valence-electron chi connectivity index (χ4n) is 0.716. The summed E-state index contributed by atoms with van der Waals surface area (Å²) in [5.41, 5.74) is 4.58. The molecule has 0 aliphatic rings. The van der Waals surface area contributed by atoms with Gasteiger partial charge in [-0.1, -0.05) is 0 Å². The number of nitrogens with two attached hydrogens (primary N) is 1. The average molecular weight is 182 g/mol. The number of hydrogen-bond donors (Lipinski definition) is 1. The number of rotatable bonds is 1. The summed E-state index contributed by atoms with van der Waals surface area (Å²) in [6, 6.07) is 0. The summed E-state index contributed by atoms with van der Waals surface area (Å²) in [5.74, 6) is -0.344. The molecule has 0 bridgehead atoms. The van der Waals surface area contributed by atoms with E-state index in [-0.39, 0.29) is 11.6 Å². The molecule has 0 saturated carbocycles. The van der Waals surface area contributed by atoms with Gasteiger partial charge >= 0.3 is 0 Å². The van der Waals surface area contributed by atoms with Crippen molar-refractivity contribution in [3.63, 3.8) is 0 Å². The van der Waals surface area contributed by atoms with E-state index < -0.39 is 37.1 Å². The van der Waals surface area contributed by atoms with Crippen LogP contribution < -0.4 is 5.73 Å². The normalized spacial score (nSPS) is 18.9. The standard InChI is InChI=1S/C8H9N5/c1-6-2-12-13(5-6)8-10-3-7(9)4-11-8/h2-5H,9H2,1H3/i1D3,2D,3D,4D,5D. The third kappa shape index (κ3) is 1.48. The zero-order valence-electron chi connectivity index (χ0n) is 13.4. The molecule has 0 radical (unpaired) electrons. The highest BCUT2D eigenvalue weighted by Crippen LogP contribution is 2.02. The molecule has 0 spiro atoms. The third-order valence-corrected chi connectivity index (χ3v) is 1.22. The molecule has 0 saturated heterocycles. The van der Waals surface area contributed by atoms with Crippen molar-refractivity contribution < 1.29 is 9.60 Å². The Morgan fingerprint density at radius 2 is 2.23 bits per heavy atom. The molecule has 5 nitrogen and oxygen atoms in total. The Hall–Kier alpha value is -1.91. The number of anilines is 1. The Labute approximate surface area is 85.1 Å². The minimum atomic E-state index is -2.67. The lowest BCUT2D eigenvalue weighted by molar-refractivity contribution is 0.808. The highest BCUT2D eigenvalue weighted by Gasteiger charge is 1.99. The van der Waals surface area contributed by atoms with Crippen molar-refractivity contribution in [1.82, 2.24) is 19.7 Å². The van der Waals surface area contributed by atoms with E-state index in [1.54, 1.807) is 0 Å². The zero-order valence-corrected chi connectivity index (χ0v) is 6.37. The van der Waals surface area contributed by atoms with Crippen LogP contribution in [0.3, 0.4) is 0 Å². The van der Waals surface area contributed by atoms with Crippen molar-refractivity contribution in [3.05, 3.63) is 30.3 Å². The van der Waals surface area contributed by atoms with E-state index in [1.807, 2.05) is 0 Å². The van der Waals surface area contributed by atoms with Gasteiger partial charge in [0.15, 0.2) is 0 Å². The lowest BCUT2D eigenvalue weighted by Gasteiger charge is -1.97. The van der Waals surface area contributed by atoms with Gasteiger partial charge in [0.1, 0.15) is 0 Å². The van der Waals surface area contributed by atoms with Crippen LogP contribution >= 0.6 is 0 Å². The Balaban J connectivity index is 2.66. The van der Waals surface area contributed by atoms with Crippen LogP contribution in [0.1, 0.15) is 15.2 Å². The second kappa shape index (κ2) is 2.85. The Kier molecular flexibility index (Phi) is 0.680. The van der Waals surface area contributed by atoms with E-state index in [2.05, 4.69) is 15.1 Å². The van der Waals surface area contributed by atoms with Crippen LogP contribution in [0.15, 0.2) is 24.7 Å².